The molecule has 0 amide bonds. The maximum Gasteiger partial charge on any atom is 0.0894 e. The molecule has 0 aromatic heterocycles. The molecule has 1 rings (SSSR count). The van der Waals surface area contributed by atoms with Gasteiger partial charge in [-0.05, 0) is 45.7 Å². The summed E-state index contributed by atoms with van der Waals surface area (Å²) in [6.07, 6.45) is 0.977. The van der Waals surface area contributed by atoms with Gasteiger partial charge in [-0.3, -0.25) is 4.67 Å². The van der Waals surface area contributed by atoms with Gasteiger partial charge in [-0.15, -0.1) is 0 Å². The van der Waals surface area contributed by atoms with Gasteiger partial charge in [-0.25, -0.2) is 0 Å². The van der Waals surface area contributed by atoms with Crippen LogP contribution in [-0.2, 0) is 10.9 Å². The third-order valence-electron chi connectivity index (χ3n) is 3.11. The molecular formula is C18H32NOPS2. The molecule has 0 aliphatic heterocycles. The van der Waals surface area contributed by atoms with Crippen LogP contribution in [0.4, 0.5) is 0 Å². The van der Waals surface area contributed by atoms with Crippen LogP contribution in [0.3, 0.4) is 0 Å². The van der Waals surface area contributed by atoms with Crippen molar-refractivity contribution in [1.82, 2.24) is 4.67 Å². The van der Waals surface area contributed by atoms with Crippen molar-refractivity contribution in [3.63, 3.8) is 0 Å². The van der Waals surface area contributed by atoms with E-state index in [2.05, 4.69) is 77.4 Å². The quantitative estimate of drug-likeness (QED) is 0.281. The fraction of sp³-hybridized carbons (Fsp3) is 0.667. The highest BCUT2D eigenvalue weighted by Gasteiger charge is 2.15. The SMILES string of the molecule is CC(C)N(POCCc1ccccc1SSC(C)(C)C)C(C)C. The summed E-state index contributed by atoms with van der Waals surface area (Å²) in [7, 11) is 4.25. The molecule has 0 heterocycles. The lowest BCUT2D eigenvalue weighted by molar-refractivity contribution is 0.268. The zero-order chi connectivity index (χ0) is 17.5. The van der Waals surface area contributed by atoms with Gasteiger partial charge in [0.05, 0.1) is 15.6 Å². The molecule has 0 radical (unpaired) electrons. The predicted molar refractivity (Wildman–Crippen MR) is 110 cm³/mol. The second kappa shape index (κ2) is 10.3. The van der Waals surface area contributed by atoms with Gasteiger partial charge < -0.3 is 4.52 Å². The molecule has 0 bridgehead atoms. The Bertz CT molecular complexity index is 453. The largest absolute Gasteiger partial charge is 0.346 e. The number of rotatable bonds is 9. The Labute approximate surface area is 152 Å². The van der Waals surface area contributed by atoms with Crippen LogP contribution >= 0.6 is 30.5 Å². The van der Waals surface area contributed by atoms with Crippen molar-refractivity contribution in [3.05, 3.63) is 29.8 Å². The molecule has 1 aromatic carbocycles. The summed E-state index contributed by atoms with van der Waals surface area (Å²) in [5.74, 6) is 0. The molecule has 0 fully saturated rings. The maximum absolute atomic E-state index is 5.96. The second-order valence-electron chi connectivity index (χ2n) is 7.17. The van der Waals surface area contributed by atoms with Gasteiger partial charge in [0, 0.05) is 21.7 Å². The summed E-state index contributed by atoms with van der Waals surface area (Å²) in [6.45, 7) is 16.5. The van der Waals surface area contributed by atoms with Crippen LogP contribution < -0.4 is 0 Å². The highest BCUT2D eigenvalue weighted by Crippen LogP contribution is 2.41. The van der Waals surface area contributed by atoms with Crippen LogP contribution in [0.25, 0.3) is 0 Å². The van der Waals surface area contributed by atoms with E-state index in [-0.39, 0.29) is 4.75 Å². The normalized spacial score (nSPS) is 13.1. The van der Waals surface area contributed by atoms with Crippen LogP contribution in [0.2, 0.25) is 0 Å². The van der Waals surface area contributed by atoms with Crippen LogP contribution in [-0.4, -0.2) is 28.1 Å². The summed E-state index contributed by atoms with van der Waals surface area (Å²) in [5, 5.41) is 0. The molecule has 1 aromatic rings. The average Bonchev–Trinajstić information content (AvgIpc) is 2.44. The zero-order valence-corrected chi connectivity index (χ0v) is 18.2. The lowest BCUT2D eigenvalue weighted by atomic mass is 10.2. The van der Waals surface area contributed by atoms with Crippen LogP contribution in [0.1, 0.15) is 54.0 Å². The summed E-state index contributed by atoms with van der Waals surface area (Å²) in [5.41, 5.74) is 1.39. The van der Waals surface area contributed by atoms with Gasteiger partial charge >= 0.3 is 0 Å². The lowest BCUT2D eigenvalue weighted by Gasteiger charge is -2.29. The van der Waals surface area contributed by atoms with E-state index < -0.39 is 0 Å². The highest BCUT2D eigenvalue weighted by molar-refractivity contribution is 8.77. The highest BCUT2D eigenvalue weighted by atomic mass is 33.1. The maximum atomic E-state index is 5.96. The summed E-state index contributed by atoms with van der Waals surface area (Å²) >= 11 is 0. The average molecular weight is 374 g/mol. The van der Waals surface area contributed by atoms with Crippen molar-refractivity contribution in [2.24, 2.45) is 0 Å². The second-order valence-corrected chi connectivity index (χ2v) is 11.2. The molecule has 0 saturated carbocycles. The number of hydrogen-bond acceptors (Lipinski definition) is 4. The van der Waals surface area contributed by atoms with E-state index in [0.29, 0.717) is 21.0 Å². The van der Waals surface area contributed by atoms with Crippen LogP contribution in [0.5, 0.6) is 0 Å². The fourth-order valence-electron chi connectivity index (χ4n) is 2.05. The van der Waals surface area contributed by atoms with E-state index in [0.717, 1.165) is 13.0 Å². The van der Waals surface area contributed by atoms with Crippen molar-refractivity contribution in [1.29, 1.82) is 0 Å². The van der Waals surface area contributed by atoms with Gasteiger partial charge in [0.25, 0.3) is 0 Å². The Morgan fingerprint density at radius 1 is 1.09 bits per heavy atom. The molecule has 0 spiro atoms. The molecule has 1 unspecified atom stereocenters. The summed E-state index contributed by atoms with van der Waals surface area (Å²) < 4.78 is 8.63. The monoisotopic (exact) mass is 373 g/mol. The first kappa shape index (κ1) is 21.3. The Hall–Kier alpha value is 0.270. The molecule has 0 aliphatic carbocycles. The first-order valence-corrected chi connectivity index (χ1v) is 11.3. The van der Waals surface area contributed by atoms with E-state index in [4.69, 9.17) is 4.52 Å². The molecule has 0 N–H and O–H groups in total. The first-order valence-electron chi connectivity index (χ1n) is 8.30. The Balaban J connectivity index is 2.48. The minimum Gasteiger partial charge on any atom is -0.346 e. The summed E-state index contributed by atoms with van der Waals surface area (Å²) in [6, 6.07) is 9.74. The Morgan fingerprint density at radius 3 is 2.26 bits per heavy atom. The van der Waals surface area contributed by atoms with Crippen molar-refractivity contribution in [2.75, 3.05) is 6.61 Å². The standard InChI is InChI=1S/C18H32NOPS2/c1-14(2)19(15(3)4)21-20-13-12-16-10-8-9-11-17(16)22-23-18(5,6)7/h8-11,14-15,21H,12-13H2,1-7H3. The topological polar surface area (TPSA) is 12.5 Å². The van der Waals surface area contributed by atoms with Gasteiger partial charge in [0.1, 0.15) is 0 Å². The van der Waals surface area contributed by atoms with E-state index in [1.54, 1.807) is 0 Å². The van der Waals surface area contributed by atoms with Crippen molar-refractivity contribution in [3.8, 4) is 0 Å². The van der Waals surface area contributed by atoms with Gasteiger partial charge in [0.15, 0.2) is 0 Å². The first-order chi connectivity index (χ1) is 10.7. The molecule has 5 heteroatoms. The smallest absolute Gasteiger partial charge is 0.0894 e. The van der Waals surface area contributed by atoms with Crippen LogP contribution in [0, 0.1) is 0 Å². The third-order valence-corrected chi connectivity index (χ3v) is 8.14. The molecule has 2 nitrogen and oxygen atoms in total. The minimum absolute atomic E-state index is 0.269. The third kappa shape index (κ3) is 8.79. The summed E-state index contributed by atoms with van der Waals surface area (Å²) in [4.78, 5) is 1.36. The lowest BCUT2D eigenvalue weighted by Crippen LogP contribution is -2.29. The van der Waals surface area contributed by atoms with Crippen molar-refractivity contribution >= 4 is 30.5 Å². The molecule has 1 atom stereocenters. The zero-order valence-electron chi connectivity index (χ0n) is 15.6. The minimum atomic E-state index is 0.269. The molecule has 0 aliphatic rings. The van der Waals surface area contributed by atoms with E-state index in [9.17, 15) is 0 Å². The van der Waals surface area contributed by atoms with Crippen molar-refractivity contribution < 1.29 is 4.52 Å². The molecule has 132 valence electrons. The van der Waals surface area contributed by atoms with Gasteiger partial charge in [-0.1, -0.05) is 60.6 Å². The molecule has 23 heavy (non-hydrogen) atoms. The van der Waals surface area contributed by atoms with Crippen molar-refractivity contribution in [2.45, 2.75) is 76.6 Å². The molecular weight excluding hydrogens is 341 g/mol. The van der Waals surface area contributed by atoms with Gasteiger partial charge in [0.2, 0.25) is 0 Å². The van der Waals surface area contributed by atoms with E-state index in [1.165, 1.54) is 10.5 Å². The number of benzene rings is 1. The van der Waals surface area contributed by atoms with E-state index in [1.807, 2.05) is 21.6 Å². The number of nitrogens with zero attached hydrogens (tertiary/aromatic N) is 1. The fourth-order valence-corrected chi connectivity index (χ4v) is 5.07. The molecule has 0 saturated heterocycles. The van der Waals surface area contributed by atoms with E-state index >= 15 is 0 Å². The number of hydrogen-bond donors (Lipinski definition) is 0. The van der Waals surface area contributed by atoms with Gasteiger partial charge in [-0.2, -0.15) is 0 Å². The Morgan fingerprint density at radius 2 is 1.70 bits per heavy atom. The Kier molecular flexibility index (Phi) is 9.55. The van der Waals surface area contributed by atoms with Crippen LogP contribution in [0.15, 0.2) is 29.2 Å². The predicted octanol–water partition coefficient (Wildman–Crippen LogP) is 6.41.